The molecular weight excluding hydrogens is 146 g/mol. The molecule has 0 radical (unpaired) electrons. The van der Waals surface area contributed by atoms with Gasteiger partial charge >= 0.3 is 0 Å². The van der Waals surface area contributed by atoms with Crippen LogP contribution in [0.4, 0.5) is 0 Å². The van der Waals surface area contributed by atoms with Crippen molar-refractivity contribution in [2.24, 2.45) is 0 Å². The number of hydrogen-bond donors (Lipinski definition) is 0. The van der Waals surface area contributed by atoms with Gasteiger partial charge in [0.2, 0.25) is 0 Å². The molecule has 4 heteroatoms. The smallest absolute Gasteiger partial charge is 0.277 e. The molecular formula is C4H8ClO2P. The first-order chi connectivity index (χ1) is 3.79. The van der Waals surface area contributed by atoms with Crippen LogP contribution in [0.5, 0.6) is 0 Å². The van der Waals surface area contributed by atoms with E-state index in [1.54, 1.807) is 0 Å². The first-order valence-corrected chi connectivity index (χ1v) is 4.63. The molecule has 0 aromatic heterocycles. The second kappa shape index (κ2) is 2.98. The quantitative estimate of drug-likeness (QED) is 0.499. The van der Waals surface area contributed by atoms with Crippen LogP contribution < -0.4 is 0 Å². The molecule has 0 saturated carbocycles. The standard InChI is InChI=1S/C4H8ClO2P/c1-4-2-3-6-8(5)7-4/h4H,2-3H2,1H3. The molecule has 0 aliphatic carbocycles. The van der Waals surface area contributed by atoms with Crippen molar-refractivity contribution >= 4 is 19.0 Å². The third kappa shape index (κ3) is 1.87. The normalized spacial score (nSPS) is 39.8. The summed E-state index contributed by atoms with van der Waals surface area (Å²) >= 11 is 5.53. The molecule has 1 aliphatic heterocycles. The van der Waals surface area contributed by atoms with E-state index in [-0.39, 0.29) is 6.10 Å². The fourth-order valence-electron chi connectivity index (χ4n) is 0.515. The second-order valence-corrected chi connectivity index (χ2v) is 3.47. The molecule has 0 bridgehead atoms. The van der Waals surface area contributed by atoms with Gasteiger partial charge in [-0.05, 0) is 24.6 Å². The van der Waals surface area contributed by atoms with Crippen molar-refractivity contribution in [1.29, 1.82) is 0 Å². The zero-order chi connectivity index (χ0) is 5.98. The van der Waals surface area contributed by atoms with Gasteiger partial charge in [0.25, 0.3) is 7.73 Å². The minimum atomic E-state index is -1.06. The highest BCUT2D eigenvalue weighted by atomic mass is 35.7. The predicted molar refractivity (Wildman–Crippen MR) is 33.9 cm³/mol. The molecule has 0 N–H and O–H groups in total. The van der Waals surface area contributed by atoms with Gasteiger partial charge in [-0.2, -0.15) is 0 Å². The maximum atomic E-state index is 5.53. The molecule has 1 fully saturated rings. The van der Waals surface area contributed by atoms with E-state index in [1.807, 2.05) is 6.92 Å². The molecule has 2 nitrogen and oxygen atoms in total. The van der Waals surface area contributed by atoms with E-state index in [4.69, 9.17) is 20.3 Å². The monoisotopic (exact) mass is 154 g/mol. The van der Waals surface area contributed by atoms with Crippen LogP contribution in [-0.4, -0.2) is 12.7 Å². The summed E-state index contributed by atoms with van der Waals surface area (Å²) < 4.78 is 10.1. The lowest BCUT2D eigenvalue weighted by Gasteiger charge is -2.21. The van der Waals surface area contributed by atoms with Crippen molar-refractivity contribution in [3.05, 3.63) is 0 Å². The van der Waals surface area contributed by atoms with E-state index < -0.39 is 7.73 Å². The number of rotatable bonds is 0. The lowest BCUT2D eigenvalue weighted by molar-refractivity contribution is 0.129. The van der Waals surface area contributed by atoms with Gasteiger partial charge < -0.3 is 9.05 Å². The molecule has 1 heterocycles. The van der Waals surface area contributed by atoms with Crippen molar-refractivity contribution in [2.45, 2.75) is 19.4 Å². The Balaban J connectivity index is 2.23. The maximum Gasteiger partial charge on any atom is 0.277 e. The van der Waals surface area contributed by atoms with Crippen LogP contribution in [0, 0.1) is 0 Å². The first-order valence-electron chi connectivity index (χ1n) is 2.54. The zero-order valence-electron chi connectivity index (χ0n) is 4.63. The third-order valence-corrected chi connectivity index (χ3v) is 2.42. The Labute approximate surface area is 54.8 Å². The molecule has 0 aromatic rings. The van der Waals surface area contributed by atoms with Crippen molar-refractivity contribution in [3.63, 3.8) is 0 Å². The molecule has 8 heavy (non-hydrogen) atoms. The average Bonchev–Trinajstić information content (AvgIpc) is 1.64. The van der Waals surface area contributed by atoms with Crippen molar-refractivity contribution in [2.75, 3.05) is 6.61 Å². The van der Waals surface area contributed by atoms with E-state index in [0.29, 0.717) is 0 Å². The summed E-state index contributed by atoms with van der Waals surface area (Å²) in [4.78, 5) is 0. The van der Waals surface area contributed by atoms with Gasteiger partial charge in [0.1, 0.15) is 0 Å². The van der Waals surface area contributed by atoms with Gasteiger partial charge in [-0.1, -0.05) is 0 Å². The van der Waals surface area contributed by atoms with Crippen LogP contribution in [0.15, 0.2) is 0 Å². The number of halogens is 1. The Hall–Kier alpha value is 0.640. The Morgan fingerprint density at radius 3 is 2.88 bits per heavy atom. The highest BCUT2D eigenvalue weighted by molar-refractivity contribution is 7.76. The van der Waals surface area contributed by atoms with Gasteiger partial charge in [0.15, 0.2) is 0 Å². The lowest BCUT2D eigenvalue weighted by Crippen LogP contribution is -2.12. The van der Waals surface area contributed by atoms with Crippen molar-refractivity contribution < 1.29 is 9.05 Å². The number of hydrogen-bond acceptors (Lipinski definition) is 2. The van der Waals surface area contributed by atoms with Crippen LogP contribution in [0.25, 0.3) is 0 Å². The Kier molecular flexibility index (Phi) is 2.51. The Morgan fingerprint density at radius 1 is 1.75 bits per heavy atom. The molecule has 2 atom stereocenters. The van der Waals surface area contributed by atoms with Gasteiger partial charge in [-0.15, -0.1) is 0 Å². The van der Waals surface area contributed by atoms with Crippen LogP contribution in [0.2, 0.25) is 0 Å². The minimum absolute atomic E-state index is 0.285. The fraction of sp³-hybridized carbons (Fsp3) is 1.00. The van der Waals surface area contributed by atoms with E-state index in [0.717, 1.165) is 13.0 Å². The van der Waals surface area contributed by atoms with Gasteiger partial charge in [-0.3, -0.25) is 0 Å². The van der Waals surface area contributed by atoms with Crippen LogP contribution in [0.3, 0.4) is 0 Å². The molecule has 1 rings (SSSR count). The molecule has 1 aliphatic rings. The SMILES string of the molecule is CC1CCOP(Cl)O1. The largest absolute Gasteiger partial charge is 0.322 e. The van der Waals surface area contributed by atoms with Gasteiger partial charge in [0, 0.05) is 0 Å². The van der Waals surface area contributed by atoms with Crippen molar-refractivity contribution in [3.8, 4) is 0 Å². The molecule has 0 amide bonds. The molecule has 48 valence electrons. The fourth-order valence-corrected chi connectivity index (χ4v) is 1.83. The minimum Gasteiger partial charge on any atom is -0.322 e. The summed E-state index contributed by atoms with van der Waals surface area (Å²) in [6.07, 6.45) is 1.25. The molecule has 0 aromatic carbocycles. The van der Waals surface area contributed by atoms with E-state index in [2.05, 4.69) is 0 Å². The predicted octanol–water partition coefficient (Wildman–Crippen LogP) is 2.28. The van der Waals surface area contributed by atoms with Crippen LogP contribution in [-0.2, 0) is 9.05 Å². The summed E-state index contributed by atoms with van der Waals surface area (Å²) in [5, 5.41) is 0. The molecule has 1 saturated heterocycles. The van der Waals surface area contributed by atoms with E-state index >= 15 is 0 Å². The summed E-state index contributed by atoms with van der Waals surface area (Å²) in [6, 6.07) is 0. The first kappa shape index (κ1) is 6.76. The topological polar surface area (TPSA) is 18.5 Å². The maximum absolute atomic E-state index is 5.53. The average molecular weight is 155 g/mol. The zero-order valence-corrected chi connectivity index (χ0v) is 6.28. The highest BCUT2D eigenvalue weighted by Gasteiger charge is 2.17. The van der Waals surface area contributed by atoms with Gasteiger partial charge in [0.05, 0.1) is 12.7 Å². The van der Waals surface area contributed by atoms with Gasteiger partial charge in [-0.25, -0.2) is 0 Å². The summed E-state index contributed by atoms with van der Waals surface area (Å²) in [5.41, 5.74) is 0. The van der Waals surface area contributed by atoms with Crippen LogP contribution >= 0.6 is 19.0 Å². The third-order valence-electron chi connectivity index (χ3n) is 0.980. The Morgan fingerprint density at radius 2 is 2.50 bits per heavy atom. The lowest BCUT2D eigenvalue weighted by atomic mass is 10.3. The highest BCUT2D eigenvalue weighted by Crippen LogP contribution is 2.47. The summed E-state index contributed by atoms with van der Waals surface area (Å²) in [5.74, 6) is 0. The Bertz CT molecular complexity index is 72.4. The summed E-state index contributed by atoms with van der Waals surface area (Å²) in [6.45, 7) is 2.75. The van der Waals surface area contributed by atoms with Crippen molar-refractivity contribution in [1.82, 2.24) is 0 Å². The molecule has 2 unspecified atom stereocenters. The van der Waals surface area contributed by atoms with Crippen LogP contribution in [0.1, 0.15) is 13.3 Å². The molecule has 0 spiro atoms. The van der Waals surface area contributed by atoms with E-state index in [9.17, 15) is 0 Å². The van der Waals surface area contributed by atoms with E-state index in [1.165, 1.54) is 0 Å². The second-order valence-electron chi connectivity index (χ2n) is 1.75. The summed E-state index contributed by atoms with van der Waals surface area (Å²) in [7, 11) is -1.06.